The molecule has 0 fully saturated rings. The molecular weight excluding hydrogens is 206 g/mol. The van der Waals surface area contributed by atoms with Gasteiger partial charge in [0.2, 0.25) is 0 Å². The molecule has 2 aromatic rings. The van der Waals surface area contributed by atoms with E-state index in [1.54, 1.807) is 0 Å². The molecule has 0 aromatic carbocycles. The number of aromatic nitrogens is 4. The lowest BCUT2D eigenvalue weighted by atomic mass is 9.96. The molecule has 2 heterocycles. The fraction of sp³-hybridized carbons (Fsp3) is 0.500. The average Bonchev–Trinajstić information content (AvgIpc) is 2.61. The van der Waals surface area contributed by atoms with E-state index in [0.29, 0.717) is 11.5 Å². The summed E-state index contributed by atoms with van der Waals surface area (Å²) in [4.78, 5) is 20.2. The second kappa shape index (κ2) is 3.41. The van der Waals surface area contributed by atoms with Crippen LogP contribution in [0.1, 0.15) is 32.3 Å². The number of nitrogens with two attached hydrogens (primary N) is 1. The van der Waals surface area contributed by atoms with Crippen molar-refractivity contribution in [3.63, 3.8) is 0 Å². The minimum absolute atomic E-state index is 0.150. The molecule has 0 radical (unpaired) electrons. The van der Waals surface area contributed by atoms with E-state index in [-0.39, 0.29) is 17.5 Å². The van der Waals surface area contributed by atoms with Gasteiger partial charge in [-0.15, -0.1) is 0 Å². The quantitative estimate of drug-likeness (QED) is 0.718. The molecule has 2 rings (SSSR count). The van der Waals surface area contributed by atoms with Crippen LogP contribution in [0.3, 0.4) is 0 Å². The van der Waals surface area contributed by atoms with Crippen LogP contribution in [0.15, 0.2) is 10.9 Å². The predicted octanol–water partition coefficient (Wildman–Crippen LogP) is 0.174. The highest BCUT2D eigenvalue weighted by atomic mass is 16.1. The van der Waals surface area contributed by atoms with Gasteiger partial charge in [-0.1, -0.05) is 20.8 Å². The molecule has 0 bridgehead atoms. The van der Waals surface area contributed by atoms with Crippen molar-refractivity contribution in [1.29, 1.82) is 0 Å². The van der Waals surface area contributed by atoms with Crippen LogP contribution >= 0.6 is 0 Å². The molecule has 0 spiro atoms. The van der Waals surface area contributed by atoms with Crippen LogP contribution in [0.2, 0.25) is 0 Å². The Morgan fingerprint density at radius 3 is 2.69 bits per heavy atom. The Balaban J connectivity index is 2.71. The average molecular weight is 221 g/mol. The van der Waals surface area contributed by atoms with Gasteiger partial charge in [-0.25, -0.2) is 4.98 Å². The molecule has 0 unspecified atom stereocenters. The number of hydrogen-bond acceptors (Lipinski definition) is 4. The minimum Gasteiger partial charge on any atom is -0.325 e. The van der Waals surface area contributed by atoms with E-state index >= 15 is 0 Å². The molecule has 0 aliphatic carbocycles. The largest absolute Gasteiger partial charge is 0.325 e. The second-order valence-electron chi connectivity index (χ2n) is 4.75. The topological polar surface area (TPSA) is 89.1 Å². The molecule has 0 saturated carbocycles. The van der Waals surface area contributed by atoms with Gasteiger partial charge < -0.3 is 5.73 Å². The van der Waals surface area contributed by atoms with Crippen molar-refractivity contribution >= 4 is 5.78 Å². The summed E-state index contributed by atoms with van der Waals surface area (Å²) in [6.07, 6.45) is 0. The summed E-state index contributed by atoms with van der Waals surface area (Å²) in [5, 5.41) is 2.94. The third-order valence-electron chi connectivity index (χ3n) is 2.30. The van der Waals surface area contributed by atoms with Crippen molar-refractivity contribution in [2.24, 2.45) is 5.73 Å². The molecule has 0 aliphatic heterocycles. The highest BCUT2D eigenvalue weighted by molar-refractivity contribution is 5.29. The van der Waals surface area contributed by atoms with Crippen molar-refractivity contribution in [1.82, 2.24) is 19.6 Å². The van der Waals surface area contributed by atoms with Crippen LogP contribution < -0.4 is 11.3 Å². The summed E-state index contributed by atoms with van der Waals surface area (Å²) in [5.41, 5.74) is 5.67. The zero-order valence-electron chi connectivity index (χ0n) is 9.61. The number of nitrogens with one attached hydrogen (secondary N) is 1. The zero-order chi connectivity index (χ0) is 11.9. The summed E-state index contributed by atoms with van der Waals surface area (Å²) >= 11 is 0. The van der Waals surface area contributed by atoms with Crippen LogP contribution in [0.5, 0.6) is 0 Å². The van der Waals surface area contributed by atoms with Crippen LogP contribution in [0, 0.1) is 0 Å². The Hall–Kier alpha value is -1.69. The van der Waals surface area contributed by atoms with Gasteiger partial charge in [0.1, 0.15) is 5.82 Å². The molecule has 0 amide bonds. The predicted molar refractivity (Wildman–Crippen MR) is 60.2 cm³/mol. The molecule has 86 valence electrons. The van der Waals surface area contributed by atoms with Crippen molar-refractivity contribution in [3.8, 4) is 0 Å². The highest BCUT2D eigenvalue weighted by Crippen LogP contribution is 2.17. The first-order valence-corrected chi connectivity index (χ1v) is 5.11. The molecule has 0 saturated heterocycles. The molecule has 2 aromatic heterocycles. The Morgan fingerprint density at radius 2 is 2.12 bits per heavy atom. The summed E-state index contributed by atoms with van der Waals surface area (Å²) in [7, 11) is 0. The monoisotopic (exact) mass is 221 g/mol. The lowest BCUT2D eigenvalue weighted by Crippen LogP contribution is -2.18. The van der Waals surface area contributed by atoms with E-state index in [1.165, 1.54) is 10.6 Å². The first kappa shape index (κ1) is 10.8. The number of hydrogen-bond donors (Lipinski definition) is 2. The molecule has 3 N–H and O–H groups in total. The standard InChI is InChI=1S/C10H15N5O/c1-10(2,3)8-13-9-12-6(5-11)4-7(16)15(9)14-8/h4H,5,11H2,1-3H3,(H,12,13,14). The van der Waals surface area contributed by atoms with Gasteiger partial charge in [-0.3, -0.25) is 9.89 Å². The SMILES string of the molecule is CC(C)(C)c1nc2nc(CN)cc(=O)n2[nH]1. The van der Waals surface area contributed by atoms with Gasteiger partial charge in [-0.05, 0) is 0 Å². The lowest BCUT2D eigenvalue weighted by Gasteiger charge is -2.12. The molecule has 0 atom stereocenters. The fourth-order valence-electron chi connectivity index (χ4n) is 1.37. The molecule has 16 heavy (non-hydrogen) atoms. The van der Waals surface area contributed by atoms with Gasteiger partial charge in [-0.2, -0.15) is 9.50 Å². The van der Waals surface area contributed by atoms with E-state index in [2.05, 4.69) is 15.1 Å². The van der Waals surface area contributed by atoms with E-state index in [0.717, 1.165) is 5.82 Å². The fourth-order valence-corrected chi connectivity index (χ4v) is 1.37. The Morgan fingerprint density at radius 1 is 1.44 bits per heavy atom. The van der Waals surface area contributed by atoms with Gasteiger partial charge in [0.25, 0.3) is 11.3 Å². The van der Waals surface area contributed by atoms with Gasteiger partial charge >= 0.3 is 0 Å². The highest BCUT2D eigenvalue weighted by Gasteiger charge is 2.19. The third kappa shape index (κ3) is 1.71. The normalized spacial score (nSPS) is 12.2. The van der Waals surface area contributed by atoms with Crippen molar-refractivity contribution in [2.45, 2.75) is 32.7 Å². The van der Waals surface area contributed by atoms with E-state index in [9.17, 15) is 4.79 Å². The number of aromatic amines is 1. The van der Waals surface area contributed by atoms with E-state index < -0.39 is 0 Å². The minimum atomic E-state index is -0.187. The summed E-state index contributed by atoms with van der Waals surface area (Å²) in [5.74, 6) is 1.10. The number of fused-ring (bicyclic) bond motifs is 1. The Bertz CT molecular complexity index is 575. The molecule has 6 nitrogen and oxygen atoms in total. The number of nitrogens with zero attached hydrogens (tertiary/aromatic N) is 3. The molecule has 6 heteroatoms. The Labute approximate surface area is 92.5 Å². The van der Waals surface area contributed by atoms with E-state index in [4.69, 9.17) is 5.73 Å². The maximum absolute atomic E-state index is 11.7. The maximum atomic E-state index is 11.7. The van der Waals surface area contributed by atoms with Gasteiger partial charge in [0.15, 0.2) is 0 Å². The van der Waals surface area contributed by atoms with Crippen LogP contribution in [0.4, 0.5) is 0 Å². The third-order valence-corrected chi connectivity index (χ3v) is 2.30. The summed E-state index contributed by atoms with van der Waals surface area (Å²) in [6, 6.07) is 1.41. The number of rotatable bonds is 1. The Kier molecular flexibility index (Phi) is 2.31. The smallest absolute Gasteiger partial charge is 0.274 e. The molecule has 0 aliphatic rings. The first-order valence-electron chi connectivity index (χ1n) is 5.11. The van der Waals surface area contributed by atoms with Gasteiger partial charge in [0.05, 0.1) is 5.69 Å². The van der Waals surface area contributed by atoms with Crippen LogP contribution in [-0.4, -0.2) is 19.6 Å². The van der Waals surface area contributed by atoms with Crippen molar-refractivity contribution in [3.05, 3.63) is 27.9 Å². The van der Waals surface area contributed by atoms with Crippen molar-refractivity contribution in [2.75, 3.05) is 0 Å². The van der Waals surface area contributed by atoms with Crippen LogP contribution in [-0.2, 0) is 12.0 Å². The molecular formula is C10H15N5O. The van der Waals surface area contributed by atoms with Crippen LogP contribution in [0.25, 0.3) is 5.78 Å². The zero-order valence-corrected chi connectivity index (χ0v) is 9.61. The van der Waals surface area contributed by atoms with Crippen molar-refractivity contribution < 1.29 is 0 Å². The summed E-state index contributed by atoms with van der Waals surface area (Å²) in [6.45, 7) is 6.28. The first-order chi connectivity index (χ1) is 7.41. The lowest BCUT2D eigenvalue weighted by molar-refractivity contribution is 0.544. The van der Waals surface area contributed by atoms with Gasteiger partial charge in [0, 0.05) is 18.0 Å². The second-order valence-corrected chi connectivity index (χ2v) is 4.75. The summed E-state index contributed by atoms with van der Waals surface area (Å²) < 4.78 is 1.33. The number of H-pyrrole nitrogens is 1. The van der Waals surface area contributed by atoms with E-state index in [1.807, 2.05) is 20.8 Å². The maximum Gasteiger partial charge on any atom is 0.274 e.